The number of hydrogen-bond acceptors (Lipinski definition) is 2. The molecule has 1 saturated carbocycles. The number of amides is 1. The van der Waals surface area contributed by atoms with E-state index in [9.17, 15) is 4.79 Å². The van der Waals surface area contributed by atoms with Gasteiger partial charge in [0, 0.05) is 17.6 Å². The van der Waals surface area contributed by atoms with Gasteiger partial charge in [-0.15, -0.1) is 0 Å². The summed E-state index contributed by atoms with van der Waals surface area (Å²) in [5, 5.41) is 3.36. The number of rotatable bonds is 3. The number of benzene rings is 1. The summed E-state index contributed by atoms with van der Waals surface area (Å²) < 4.78 is 0. The van der Waals surface area contributed by atoms with Gasteiger partial charge in [0.25, 0.3) is 0 Å². The molecule has 0 aliphatic heterocycles. The lowest BCUT2D eigenvalue weighted by atomic mass is 9.80. The Hall–Kier alpha value is -1.51. The van der Waals surface area contributed by atoms with E-state index in [4.69, 9.17) is 5.73 Å². The Labute approximate surface area is 83.3 Å². The molecule has 1 aliphatic carbocycles. The van der Waals surface area contributed by atoms with Gasteiger partial charge in [0.1, 0.15) is 0 Å². The lowest BCUT2D eigenvalue weighted by molar-refractivity contribution is -0.124. The maximum Gasteiger partial charge on any atom is 0.220 e. The molecule has 0 spiro atoms. The minimum absolute atomic E-state index is 0.0798. The molecular formula is C11H14N2O. The minimum Gasteiger partial charge on any atom is -0.382 e. The van der Waals surface area contributed by atoms with E-state index < -0.39 is 0 Å². The lowest BCUT2D eigenvalue weighted by Gasteiger charge is -2.34. The van der Waals surface area contributed by atoms with Gasteiger partial charge in [-0.05, 0) is 25.0 Å². The van der Waals surface area contributed by atoms with Crippen LogP contribution < -0.4 is 11.1 Å². The lowest BCUT2D eigenvalue weighted by Crippen LogP contribution is -2.42. The zero-order valence-corrected chi connectivity index (χ0v) is 7.94. The van der Waals surface area contributed by atoms with Crippen molar-refractivity contribution < 1.29 is 4.79 Å². The van der Waals surface area contributed by atoms with Crippen LogP contribution in [0.1, 0.15) is 12.8 Å². The fraction of sp³-hybridized carbons (Fsp3) is 0.364. The molecule has 0 unspecified atom stereocenters. The molecule has 1 aromatic carbocycles. The predicted molar refractivity (Wildman–Crippen MR) is 55.8 cm³/mol. The summed E-state index contributed by atoms with van der Waals surface area (Å²) in [6.45, 7) is 0. The predicted octanol–water partition coefficient (Wildman–Crippen LogP) is 1.36. The Balaban J connectivity index is 1.82. The minimum atomic E-state index is -0.170. The molecule has 0 bridgehead atoms. The van der Waals surface area contributed by atoms with Crippen LogP contribution in [-0.4, -0.2) is 11.9 Å². The summed E-state index contributed by atoms with van der Waals surface area (Å²) >= 11 is 0. The Morgan fingerprint density at radius 2 is 1.93 bits per heavy atom. The summed E-state index contributed by atoms with van der Waals surface area (Å²) in [6, 6.07) is 10.4. The summed E-state index contributed by atoms with van der Waals surface area (Å²) in [6.07, 6.45) is 1.73. The summed E-state index contributed by atoms with van der Waals surface area (Å²) in [4.78, 5) is 10.8. The number of anilines is 1. The molecule has 0 radical (unpaired) electrons. The Morgan fingerprint density at radius 3 is 2.50 bits per heavy atom. The highest BCUT2D eigenvalue weighted by Gasteiger charge is 2.32. The zero-order valence-electron chi connectivity index (χ0n) is 7.94. The second-order valence-corrected chi connectivity index (χ2v) is 3.78. The first-order chi connectivity index (χ1) is 6.75. The van der Waals surface area contributed by atoms with Crippen molar-refractivity contribution in [3.05, 3.63) is 30.3 Å². The van der Waals surface area contributed by atoms with Crippen LogP contribution in [0.25, 0.3) is 0 Å². The summed E-state index contributed by atoms with van der Waals surface area (Å²) in [5.74, 6) is -0.0904. The second kappa shape index (κ2) is 3.70. The summed E-state index contributed by atoms with van der Waals surface area (Å²) in [7, 11) is 0. The zero-order chi connectivity index (χ0) is 9.97. The number of primary amides is 1. The van der Waals surface area contributed by atoms with Crippen LogP contribution >= 0.6 is 0 Å². The fourth-order valence-electron chi connectivity index (χ4n) is 1.74. The van der Waals surface area contributed by atoms with Gasteiger partial charge in [-0.3, -0.25) is 4.79 Å². The van der Waals surface area contributed by atoms with Gasteiger partial charge in [-0.1, -0.05) is 18.2 Å². The molecule has 3 heteroatoms. The third kappa shape index (κ3) is 1.87. The van der Waals surface area contributed by atoms with Gasteiger partial charge >= 0.3 is 0 Å². The number of nitrogens with one attached hydrogen (secondary N) is 1. The van der Waals surface area contributed by atoms with Crippen molar-refractivity contribution in [1.82, 2.24) is 0 Å². The van der Waals surface area contributed by atoms with Crippen LogP contribution in [-0.2, 0) is 4.79 Å². The van der Waals surface area contributed by atoms with Crippen molar-refractivity contribution in [1.29, 1.82) is 0 Å². The maximum atomic E-state index is 10.8. The van der Waals surface area contributed by atoms with Crippen LogP contribution in [0.3, 0.4) is 0 Å². The number of para-hydroxylation sites is 1. The van der Waals surface area contributed by atoms with Crippen molar-refractivity contribution in [3.63, 3.8) is 0 Å². The van der Waals surface area contributed by atoms with E-state index in [0.29, 0.717) is 6.04 Å². The molecule has 2 rings (SSSR count). The molecule has 1 fully saturated rings. The molecule has 1 aromatic rings. The first-order valence-corrected chi connectivity index (χ1v) is 4.86. The van der Waals surface area contributed by atoms with E-state index in [1.54, 1.807) is 0 Å². The van der Waals surface area contributed by atoms with Crippen LogP contribution in [0.4, 0.5) is 5.69 Å². The van der Waals surface area contributed by atoms with Gasteiger partial charge in [-0.2, -0.15) is 0 Å². The quantitative estimate of drug-likeness (QED) is 0.756. The first kappa shape index (κ1) is 9.06. The van der Waals surface area contributed by atoms with Crippen LogP contribution in [0.5, 0.6) is 0 Å². The fourth-order valence-corrected chi connectivity index (χ4v) is 1.74. The van der Waals surface area contributed by atoms with E-state index in [1.807, 2.05) is 30.3 Å². The summed E-state index contributed by atoms with van der Waals surface area (Å²) in [5.41, 5.74) is 6.30. The van der Waals surface area contributed by atoms with Crippen molar-refractivity contribution in [2.45, 2.75) is 18.9 Å². The molecule has 14 heavy (non-hydrogen) atoms. The van der Waals surface area contributed by atoms with Crippen molar-refractivity contribution in [2.24, 2.45) is 11.7 Å². The molecule has 0 heterocycles. The van der Waals surface area contributed by atoms with E-state index in [2.05, 4.69) is 5.32 Å². The molecule has 0 aromatic heterocycles. The third-order valence-electron chi connectivity index (χ3n) is 2.69. The number of carbonyl (C=O) groups excluding carboxylic acids is 1. The highest BCUT2D eigenvalue weighted by Crippen LogP contribution is 2.29. The van der Waals surface area contributed by atoms with Crippen LogP contribution in [0, 0.1) is 5.92 Å². The molecular weight excluding hydrogens is 176 g/mol. The van der Waals surface area contributed by atoms with E-state index in [0.717, 1.165) is 18.5 Å². The van der Waals surface area contributed by atoms with Crippen molar-refractivity contribution >= 4 is 11.6 Å². The molecule has 3 N–H and O–H groups in total. The average Bonchev–Trinajstić information content (AvgIpc) is 2.12. The van der Waals surface area contributed by atoms with Gasteiger partial charge in [-0.25, -0.2) is 0 Å². The number of nitrogens with two attached hydrogens (primary N) is 1. The van der Waals surface area contributed by atoms with Gasteiger partial charge in [0.2, 0.25) is 5.91 Å². The largest absolute Gasteiger partial charge is 0.382 e. The molecule has 0 atom stereocenters. The number of carbonyl (C=O) groups is 1. The van der Waals surface area contributed by atoms with E-state index >= 15 is 0 Å². The van der Waals surface area contributed by atoms with Crippen molar-refractivity contribution in [3.8, 4) is 0 Å². The molecule has 3 nitrogen and oxygen atoms in total. The topological polar surface area (TPSA) is 55.1 Å². The van der Waals surface area contributed by atoms with Crippen LogP contribution in [0.15, 0.2) is 30.3 Å². The monoisotopic (exact) mass is 190 g/mol. The molecule has 1 amide bonds. The third-order valence-corrected chi connectivity index (χ3v) is 2.69. The molecule has 0 saturated heterocycles. The van der Waals surface area contributed by atoms with Gasteiger partial charge in [0.05, 0.1) is 0 Å². The van der Waals surface area contributed by atoms with E-state index in [-0.39, 0.29) is 11.8 Å². The first-order valence-electron chi connectivity index (χ1n) is 4.86. The maximum absolute atomic E-state index is 10.8. The highest BCUT2D eigenvalue weighted by molar-refractivity contribution is 5.78. The van der Waals surface area contributed by atoms with Crippen LogP contribution in [0.2, 0.25) is 0 Å². The highest BCUT2D eigenvalue weighted by atomic mass is 16.1. The van der Waals surface area contributed by atoms with Crippen molar-refractivity contribution in [2.75, 3.05) is 5.32 Å². The molecule has 74 valence electrons. The smallest absolute Gasteiger partial charge is 0.220 e. The second-order valence-electron chi connectivity index (χ2n) is 3.78. The van der Waals surface area contributed by atoms with Gasteiger partial charge in [0.15, 0.2) is 0 Å². The Morgan fingerprint density at radius 1 is 1.29 bits per heavy atom. The normalized spacial score (nSPS) is 25.1. The average molecular weight is 190 g/mol. The van der Waals surface area contributed by atoms with Gasteiger partial charge < -0.3 is 11.1 Å². The Bertz CT molecular complexity index is 317. The SMILES string of the molecule is NC(=O)C1CC(Nc2ccccc2)C1. The number of hydrogen-bond donors (Lipinski definition) is 2. The molecule has 1 aliphatic rings. The Kier molecular flexibility index (Phi) is 2.39. The standard InChI is InChI=1S/C11H14N2O/c12-11(14)8-6-10(7-8)13-9-4-2-1-3-5-9/h1-5,8,10,13H,6-7H2,(H2,12,14). The van der Waals surface area contributed by atoms with E-state index in [1.165, 1.54) is 0 Å².